The average molecular weight is 436 g/mol. The third kappa shape index (κ3) is 6.64. The van der Waals surface area contributed by atoms with Gasteiger partial charge in [0.25, 0.3) is 0 Å². The molecule has 0 atom stereocenters. The Balaban J connectivity index is 1.40. The van der Waals surface area contributed by atoms with Crippen LogP contribution < -0.4 is 9.47 Å². The second kappa shape index (κ2) is 9.27. The maximum Gasteiger partial charge on any atom is 0.435 e. The fourth-order valence-corrected chi connectivity index (χ4v) is 3.35. The predicted octanol–water partition coefficient (Wildman–Crippen LogP) is 4.63. The summed E-state index contributed by atoms with van der Waals surface area (Å²) in [7, 11) is 0. The van der Waals surface area contributed by atoms with Crippen LogP contribution >= 0.6 is 11.6 Å². The van der Waals surface area contributed by atoms with E-state index in [2.05, 4.69) is 16.9 Å². The van der Waals surface area contributed by atoms with Gasteiger partial charge in [-0.1, -0.05) is 11.6 Å². The van der Waals surface area contributed by atoms with E-state index in [0.717, 1.165) is 42.9 Å². The fraction of sp³-hybridized carbons (Fsp3) is 0.545. The average Bonchev–Trinajstić information content (AvgIpc) is 3.13. The molecule has 2 heterocycles. The third-order valence-electron chi connectivity index (χ3n) is 4.91. The highest BCUT2D eigenvalue weighted by Crippen LogP contribution is 2.29. The maximum absolute atomic E-state index is 12.0. The smallest absolute Gasteiger partial charge is 0.435 e. The molecule has 0 radical (unpaired) electrons. The zero-order chi connectivity index (χ0) is 21.8. The first kappa shape index (κ1) is 22.4. The molecule has 0 N–H and O–H groups in total. The van der Waals surface area contributed by atoms with E-state index in [9.17, 15) is 4.79 Å². The van der Waals surface area contributed by atoms with Crippen molar-refractivity contribution in [3.05, 3.63) is 41.7 Å². The summed E-state index contributed by atoms with van der Waals surface area (Å²) < 4.78 is 18.4. The van der Waals surface area contributed by atoms with Gasteiger partial charge in [-0.15, -0.1) is 0 Å². The molecule has 30 heavy (non-hydrogen) atoms. The van der Waals surface area contributed by atoms with Crippen LogP contribution in [0.25, 0.3) is 0 Å². The van der Waals surface area contributed by atoms with Gasteiger partial charge in [0.15, 0.2) is 5.75 Å². The van der Waals surface area contributed by atoms with E-state index in [1.807, 2.05) is 45.0 Å². The van der Waals surface area contributed by atoms with Crippen molar-refractivity contribution < 1.29 is 19.0 Å². The molecule has 164 valence electrons. The number of carbonyl (C=O) groups is 1. The summed E-state index contributed by atoms with van der Waals surface area (Å²) in [6.07, 6.45) is 4.42. The topological polar surface area (TPSA) is 65.8 Å². The van der Waals surface area contributed by atoms with Crippen molar-refractivity contribution in [1.29, 1.82) is 0 Å². The standard InChI is InChI=1S/C22H30ClN3O4/c1-21(2,3)30-20(27)26-16-19(15-24-26)28-14-13-25-11-9-22(4,10-12-25)29-18-7-5-17(23)6-8-18/h5-8,15-16H,9-14H2,1-4H3. The molecule has 1 aromatic heterocycles. The molecule has 0 spiro atoms. The molecule has 0 amide bonds. The van der Waals surface area contributed by atoms with Gasteiger partial charge in [-0.25, -0.2) is 4.79 Å². The van der Waals surface area contributed by atoms with Gasteiger partial charge >= 0.3 is 6.09 Å². The normalized spacial score (nSPS) is 16.8. The molecule has 1 aliphatic rings. The summed E-state index contributed by atoms with van der Waals surface area (Å²) in [5, 5.41) is 4.72. The van der Waals surface area contributed by atoms with Gasteiger partial charge < -0.3 is 14.2 Å². The molecule has 3 rings (SSSR count). The first-order chi connectivity index (χ1) is 14.1. The Morgan fingerprint density at radius 2 is 1.83 bits per heavy atom. The summed E-state index contributed by atoms with van der Waals surface area (Å²) in [6, 6.07) is 7.51. The molecule has 2 aromatic rings. The summed E-state index contributed by atoms with van der Waals surface area (Å²) in [5.74, 6) is 1.40. The lowest BCUT2D eigenvalue weighted by Crippen LogP contribution is -2.47. The molecule has 1 aromatic carbocycles. The van der Waals surface area contributed by atoms with Crippen LogP contribution in [-0.4, -0.2) is 58.2 Å². The molecule has 7 nitrogen and oxygen atoms in total. The van der Waals surface area contributed by atoms with Crippen molar-refractivity contribution in [2.45, 2.75) is 51.7 Å². The minimum atomic E-state index is -0.565. The van der Waals surface area contributed by atoms with Crippen molar-refractivity contribution in [3.63, 3.8) is 0 Å². The number of benzene rings is 1. The lowest BCUT2D eigenvalue weighted by atomic mass is 9.93. The number of likely N-dealkylation sites (tertiary alicyclic amines) is 1. The molecule has 1 saturated heterocycles. The number of ether oxygens (including phenoxy) is 3. The van der Waals surface area contributed by atoms with E-state index in [-0.39, 0.29) is 5.60 Å². The Kier molecular flexibility index (Phi) is 6.93. The molecule has 0 unspecified atom stereocenters. The molecule has 1 aliphatic heterocycles. The third-order valence-corrected chi connectivity index (χ3v) is 5.16. The van der Waals surface area contributed by atoms with E-state index < -0.39 is 11.7 Å². The second-order valence-electron chi connectivity index (χ2n) is 8.80. The van der Waals surface area contributed by atoms with Crippen LogP contribution in [0.3, 0.4) is 0 Å². The first-order valence-corrected chi connectivity index (χ1v) is 10.6. The van der Waals surface area contributed by atoms with Crippen molar-refractivity contribution >= 4 is 17.7 Å². The minimum absolute atomic E-state index is 0.181. The number of aromatic nitrogens is 2. The van der Waals surface area contributed by atoms with Crippen molar-refractivity contribution in [2.75, 3.05) is 26.2 Å². The summed E-state index contributed by atoms with van der Waals surface area (Å²) in [5.41, 5.74) is -0.746. The Labute approximate surface area is 182 Å². The Bertz CT molecular complexity index is 837. The number of hydrogen-bond donors (Lipinski definition) is 0. The zero-order valence-corrected chi connectivity index (χ0v) is 18.8. The van der Waals surface area contributed by atoms with E-state index >= 15 is 0 Å². The molecule has 0 aliphatic carbocycles. The Hall–Kier alpha value is -2.25. The highest BCUT2D eigenvalue weighted by molar-refractivity contribution is 6.30. The summed E-state index contributed by atoms with van der Waals surface area (Å²) in [6.45, 7) is 10.8. The van der Waals surface area contributed by atoms with Gasteiger partial charge in [0.2, 0.25) is 0 Å². The second-order valence-corrected chi connectivity index (χ2v) is 9.23. The molecular weight excluding hydrogens is 406 g/mol. The van der Waals surface area contributed by atoms with Crippen LogP contribution in [0.2, 0.25) is 5.02 Å². The maximum atomic E-state index is 12.0. The van der Waals surface area contributed by atoms with E-state index in [1.165, 1.54) is 6.20 Å². The van der Waals surface area contributed by atoms with E-state index in [0.29, 0.717) is 17.4 Å². The highest BCUT2D eigenvalue weighted by Gasteiger charge is 2.32. The van der Waals surface area contributed by atoms with Crippen LogP contribution in [0.15, 0.2) is 36.7 Å². The van der Waals surface area contributed by atoms with Crippen LogP contribution in [0, 0.1) is 0 Å². The van der Waals surface area contributed by atoms with Crippen molar-refractivity contribution in [3.8, 4) is 11.5 Å². The van der Waals surface area contributed by atoms with Crippen LogP contribution in [0.5, 0.6) is 11.5 Å². The molecule has 0 saturated carbocycles. The van der Waals surface area contributed by atoms with E-state index in [4.69, 9.17) is 25.8 Å². The monoisotopic (exact) mass is 435 g/mol. The largest absolute Gasteiger partial charge is 0.489 e. The van der Waals surface area contributed by atoms with Gasteiger partial charge in [-0.3, -0.25) is 4.90 Å². The SMILES string of the molecule is CC(C)(C)OC(=O)n1cc(OCCN2CCC(C)(Oc3ccc(Cl)cc3)CC2)cn1. The number of carbonyl (C=O) groups excluding carboxylic acids is 1. The number of piperidine rings is 1. The quantitative estimate of drug-likeness (QED) is 0.659. The van der Waals surface area contributed by atoms with Crippen molar-refractivity contribution in [2.24, 2.45) is 0 Å². The Morgan fingerprint density at radius 3 is 2.47 bits per heavy atom. The summed E-state index contributed by atoms with van der Waals surface area (Å²) >= 11 is 5.94. The zero-order valence-electron chi connectivity index (χ0n) is 18.1. The number of halogens is 1. The predicted molar refractivity (Wildman–Crippen MR) is 116 cm³/mol. The van der Waals surface area contributed by atoms with E-state index in [1.54, 1.807) is 6.20 Å². The minimum Gasteiger partial charge on any atom is -0.489 e. The van der Waals surface area contributed by atoms with Crippen LogP contribution in [0.4, 0.5) is 4.79 Å². The Morgan fingerprint density at radius 1 is 1.17 bits per heavy atom. The number of nitrogens with zero attached hydrogens (tertiary/aromatic N) is 3. The molecule has 0 bridgehead atoms. The van der Waals surface area contributed by atoms with Crippen molar-refractivity contribution in [1.82, 2.24) is 14.7 Å². The van der Waals surface area contributed by atoms with Crippen LogP contribution in [0.1, 0.15) is 40.5 Å². The first-order valence-electron chi connectivity index (χ1n) is 10.2. The molecular formula is C22H30ClN3O4. The summed E-state index contributed by atoms with van der Waals surface area (Å²) in [4.78, 5) is 14.4. The lowest BCUT2D eigenvalue weighted by molar-refractivity contribution is 0.0135. The van der Waals surface area contributed by atoms with Crippen LogP contribution in [-0.2, 0) is 4.74 Å². The number of rotatable bonds is 6. The lowest BCUT2D eigenvalue weighted by Gasteiger charge is -2.39. The van der Waals surface area contributed by atoms with Gasteiger partial charge in [-0.2, -0.15) is 9.78 Å². The highest BCUT2D eigenvalue weighted by atomic mass is 35.5. The molecule has 1 fully saturated rings. The fourth-order valence-electron chi connectivity index (χ4n) is 3.22. The van der Waals surface area contributed by atoms with Gasteiger partial charge in [0.05, 0.1) is 12.4 Å². The number of hydrogen-bond acceptors (Lipinski definition) is 6. The van der Waals surface area contributed by atoms with Gasteiger partial charge in [-0.05, 0) is 64.8 Å². The van der Waals surface area contributed by atoms with Gasteiger partial charge in [0, 0.05) is 24.7 Å². The molecule has 8 heteroatoms. The van der Waals surface area contributed by atoms with Gasteiger partial charge in [0.1, 0.15) is 23.6 Å².